The van der Waals surface area contributed by atoms with E-state index in [0.717, 1.165) is 50.7 Å². The summed E-state index contributed by atoms with van der Waals surface area (Å²) in [5.41, 5.74) is 0.0564. The topological polar surface area (TPSA) is 109 Å². The molecule has 3 fully saturated rings. The fourth-order valence-corrected chi connectivity index (χ4v) is 8.12. The van der Waals surface area contributed by atoms with Gasteiger partial charge >= 0.3 is 5.97 Å². The zero-order valence-corrected chi connectivity index (χ0v) is 21.7. The van der Waals surface area contributed by atoms with Crippen LogP contribution in [-0.4, -0.2) is 70.7 Å². The monoisotopic (exact) mass is 513 g/mol. The molecule has 5 heterocycles. The molecule has 5 aliphatic heterocycles. The molecule has 8 nitrogen and oxygen atoms in total. The van der Waals surface area contributed by atoms with Gasteiger partial charge in [0, 0.05) is 30.0 Å². The van der Waals surface area contributed by atoms with Crippen molar-refractivity contribution in [3.05, 3.63) is 46.8 Å². The summed E-state index contributed by atoms with van der Waals surface area (Å²) in [6.07, 6.45) is 13.4. The van der Waals surface area contributed by atoms with Gasteiger partial charge in [-0.25, -0.2) is 4.79 Å². The van der Waals surface area contributed by atoms with Crippen LogP contribution in [-0.2, 0) is 19.0 Å². The summed E-state index contributed by atoms with van der Waals surface area (Å²) in [5, 5.41) is 32.1. The van der Waals surface area contributed by atoms with E-state index < -0.39 is 24.6 Å². The predicted molar refractivity (Wildman–Crippen MR) is 134 cm³/mol. The van der Waals surface area contributed by atoms with Crippen molar-refractivity contribution in [1.82, 2.24) is 4.90 Å². The Labute approximate surface area is 218 Å². The van der Waals surface area contributed by atoms with Gasteiger partial charge in [0.25, 0.3) is 0 Å². The first-order valence-electron chi connectivity index (χ1n) is 13.9. The summed E-state index contributed by atoms with van der Waals surface area (Å²) in [6, 6.07) is 0.531. The molecule has 0 radical (unpaired) electrons. The maximum Gasteiger partial charge on any atom is 0.345 e. The van der Waals surface area contributed by atoms with Gasteiger partial charge in [-0.2, -0.15) is 0 Å². The number of esters is 1. The van der Waals surface area contributed by atoms with Gasteiger partial charge in [-0.15, -0.1) is 0 Å². The van der Waals surface area contributed by atoms with Gasteiger partial charge in [-0.3, -0.25) is 4.90 Å². The quantitative estimate of drug-likeness (QED) is 0.381. The molecule has 6 rings (SSSR count). The number of fused-ring (bicyclic) bond motifs is 3. The first-order chi connectivity index (χ1) is 18.0. The van der Waals surface area contributed by atoms with Gasteiger partial charge in [-0.1, -0.05) is 19.1 Å². The number of nitrogens with zero attached hydrogens (tertiary/aromatic N) is 1. The Hall–Kier alpha value is -2.13. The Bertz CT molecular complexity index is 1060. The van der Waals surface area contributed by atoms with Gasteiger partial charge in [-0.05, 0) is 62.9 Å². The molecule has 0 amide bonds. The second-order valence-corrected chi connectivity index (χ2v) is 11.7. The van der Waals surface area contributed by atoms with Crippen LogP contribution in [0.4, 0.5) is 0 Å². The molecule has 202 valence electrons. The van der Waals surface area contributed by atoms with Crippen LogP contribution < -0.4 is 0 Å². The highest BCUT2D eigenvalue weighted by molar-refractivity contribution is 5.94. The number of aliphatic hydroxyl groups excluding tert-OH is 3. The number of hydrogen-bond acceptors (Lipinski definition) is 8. The summed E-state index contributed by atoms with van der Waals surface area (Å²) in [5.74, 6) is 1.57. The van der Waals surface area contributed by atoms with Crippen LogP contribution in [0.2, 0.25) is 0 Å². The van der Waals surface area contributed by atoms with Crippen LogP contribution in [0.15, 0.2) is 46.8 Å². The minimum atomic E-state index is -0.655. The molecule has 6 aliphatic rings. The Morgan fingerprint density at radius 1 is 1.16 bits per heavy atom. The molecule has 3 saturated heterocycles. The van der Waals surface area contributed by atoms with Crippen LogP contribution in [0.5, 0.6) is 0 Å². The second kappa shape index (κ2) is 9.88. The lowest BCUT2D eigenvalue weighted by Crippen LogP contribution is -2.65. The summed E-state index contributed by atoms with van der Waals surface area (Å²) >= 11 is 0. The van der Waals surface area contributed by atoms with E-state index in [0.29, 0.717) is 23.6 Å². The number of aliphatic hydroxyl groups is 3. The van der Waals surface area contributed by atoms with E-state index in [-0.39, 0.29) is 47.6 Å². The summed E-state index contributed by atoms with van der Waals surface area (Å²) in [7, 11) is 1.43. The second-order valence-electron chi connectivity index (χ2n) is 11.7. The van der Waals surface area contributed by atoms with Gasteiger partial charge in [0.05, 0.1) is 32.3 Å². The van der Waals surface area contributed by atoms with Crippen molar-refractivity contribution in [2.75, 3.05) is 20.3 Å². The summed E-state index contributed by atoms with van der Waals surface area (Å²) in [6.45, 7) is 1.60. The first-order valence-corrected chi connectivity index (χ1v) is 13.9. The lowest BCUT2D eigenvalue weighted by molar-refractivity contribution is -0.134. The van der Waals surface area contributed by atoms with Crippen molar-refractivity contribution in [2.45, 2.75) is 76.1 Å². The molecular formula is C29H39NO7. The molecule has 1 aliphatic carbocycles. The predicted octanol–water partition coefficient (Wildman–Crippen LogP) is 2.76. The SMILES string of the molecule is COC1=C(CO)C(=O)O/C1=C1/OC2=CC[C@@H]3CC[C@H]4CC[C@@H]([C@H]2[C@@H]1CO)N3[C@@H]4[C@@H](O)[C@@H]1C=CC[C@@H](C)C1. The van der Waals surface area contributed by atoms with Crippen molar-refractivity contribution in [2.24, 2.45) is 29.6 Å². The van der Waals surface area contributed by atoms with Crippen molar-refractivity contribution in [3.63, 3.8) is 0 Å². The number of ether oxygens (including phenoxy) is 3. The Balaban J connectivity index is 1.37. The minimum absolute atomic E-state index is 0.0564. The van der Waals surface area contributed by atoms with Crippen molar-refractivity contribution < 1.29 is 34.3 Å². The lowest BCUT2D eigenvalue weighted by Gasteiger charge is -2.57. The molecule has 2 bridgehead atoms. The standard InChI is InChI=1S/C29H39NO7/c1-15-4-3-5-17(12-15)25(33)24-16-6-8-18-9-11-22-23(21(10-7-16)30(18)24)19(13-31)27(36-22)28-26(35-2)20(14-32)29(34)37-28/h3,5,11,15-19,21,23-25,31-33H,4,6-10,12-14H2,1-2H3/b28-27+/t15-,16+,17-,18+,19+,21+,23-,24+,25+/m1/s1. The molecule has 8 heteroatoms. The molecule has 37 heavy (non-hydrogen) atoms. The van der Waals surface area contributed by atoms with Crippen molar-refractivity contribution >= 4 is 5.97 Å². The summed E-state index contributed by atoms with van der Waals surface area (Å²) < 4.78 is 17.3. The highest BCUT2D eigenvalue weighted by atomic mass is 16.6. The molecule has 0 spiro atoms. The van der Waals surface area contributed by atoms with Crippen LogP contribution in [0.25, 0.3) is 0 Å². The largest absolute Gasteiger partial charge is 0.492 e. The molecule has 0 aromatic carbocycles. The number of cyclic esters (lactones) is 1. The molecule has 0 aromatic heterocycles. The molecular weight excluding hydrogens is 474 g/mol. The molecule has 3 N–H and O–H groups in total. The van der Waals surface area contributed by atoms with E-state index >= 15 is 0 Å². The van der Waals surface area contributed by atoms with E-state index in [4.69, 9.17) is 14.2 Å². The van der Waals surface area contributed by atoms with Gasteiger partial charge in [0.2, 0.25) is 5.76 Å². The number of rotatable bonds is 5. The maximum atomic E-state index is 12.4. The van der Waals surface area contributed by atoms with Gasteiger partial charge in [0.1, 0.15) is 11.3 Å². The van der Waals surface area contributed by atoms with E-state index in [9.17, 15) is 20.1 Å². The number of allylic oxidation sites excluding steroid dienone is 1. The fraction of sp³-hybridized carbons (Fsp3) is 0.690. The molecule has 9 atom stereocenters. The number of hydrogen-bond donors (Lipinski definition) is 3. The number of methoxy groups -OCH3 is 1. The third-order valence-corrected chi connectivity index (χ3v) is 9.76. The fourth-order valence-electron chi connectivity index (χ4n) is 8.12. The molecule has 0 saturated carbocycles. The summed E-state index contributed by atoms with van der Waals surface area (Å²) in [4.78, 5) is 15.0. The van der Waals surface area contributed by atoms with E-state index in [1.807, 2.05) is 0 Å². The average molecular weight is 514 g/mol. The van der Waals surface area contributed by atoms with Crippen molar-refractivity contribution in [3.8, 4) is 0 Å². The van der Waals surface area contributed by atoms with Crippen LogP contribution in [0, 0.1) is 29.6 Å². The number of piperidine rings is 2. The van der Waals surface area contributed by atoms with Gasteiger partial charge in [0.15, 0.2) is 11.5 Å². The van der Waals surface area contributed by atoms with Crippen LogP contribution >= 0.6 is 0 Å². The Kier molecular flexibility index (Phi) is 6.72. The third-order valence-electron chi connectivity index (χ3n) is 9.76. The molecule has 0 aromatic rings. The number of carbonyl (C=O) groups is 1. The maximum absolute atomic E-state index is 12.4. The first kappa shape index (κ1) is 25.2. The third kappa shape index (κ3) is 3.99. The highest BCUT2D eigenvalue weighted by Crippen LogP contribution is 2.53. The normalized spacial score (nSPS) is 42.1. The smallest absolute Gasteiger partial charge is 0.345 e. The van der Waals surface area contributed by atoms with Crippen LogP contribution in [0.3, 0.4) is 0 Å². The van der Waals surface area contributed by atoms with Crippen molar-refractivity contribution in [1.29, 1.82) is 0 Å². The minimum Gasteiger partial charge on any atom is -0.492 e. The lowest BCUT2D eigenvalue weighted by atomic mass is 9.68. The molecule has 0 unspecified atom stereocenters. The van der Waals surface area contributed by atoms with E-state index in [1.165, 1.54) is 7.11 Å². The zero-order chi connectivity index (χ0) is 25.8. The Morgan fingerprint density at radius 2 is 1.97 bits per heavy atom. The van der Waals surface area contributed by atoms with E-state index in [2.05, 4.69) is 30.1 Å². The van der Waals surface area contributed by atoms with E-state index in [1.54, 1.807) is 0 Å². The number of carbonyl (C=O) groups excluding carboxylic acids is 1. The Morgan fingerprint density at radius 3 is 2.70 bits per heavy atom. The average Bonchev–Trinajstić information content (AvgIpc) is 3.37. The zero-order valence-electron chi connectivity index (χ0n) is 21.7. The van der Waals surface area contributed by atoms with Crippen LogP contribution in [0.1, 0.15) is 51.9 Å². The highest BCUT2D eigenvalue weighted by Gasteiger charge is 2.56. The van der Waals surface area contributed by atoms with Gasteiger partial charge < -0.3 is 29.5 Å².